The van der Waals surface area contributed by atoms with E-state index in [0.717, 1.165) is 17.0 Å². The maximum Gasteiger partial charge on any atom is 0.119 e. The van der Waals surface area contributed by atoms with Crippen molar-refractivity contribution in [3.8, 4) is 5.75 Å². The summed E-state index contributed by atoms with van der Waals surface area (Å²) in [5, 5.41) is 2.35. The van der Waals surface area contributed by atoms with Gasteiger partial charge in [-0.2, -0.15) is 0 Å². The Morgan fingerprint density at radius 3 is 2.40 bits per heavy atom. The predicted octanol–water partition coefficient (Wildman–Crippen LogP) is 4.60. The fourth-order valence-corrected chi connectivity index (χ4v) is 2.11. The van der Waals surface area contributed by atoms with E-state index in [9.17, 15) is 0 Å². The monoisotopic (exact) mass is 261 g/mol. The van der Waals surface area contributed by atoms with E-state index in [1.54, 1.807) is 7.11 Å². The molecule has 0 atom stereocenters. The Kier molecular flexibility index (Phi) is 3.46. The number of rotatable bonds is 3. The van der Waals surface area contributed by atoms with Crippen molar-refractivity contribution in [2.45, 2.75) is 0 Å². The van der Waals surface area contributed by atoms with E-state index in [1.165, 1.54) is 10.8 Å². The van der Waals surface area contributed by atoms with Gasteiger partial charge in [0.25, 0.3) is 0 Å². The van der Waals surface area contributed by atoms with Gasteiger partial charge in [-0.25, -0.2) is 0 Å². The minimum absolute atomic E-state index is 0.878. The van der Waals surface area contributed by atoms with Gasteiger partial charge in [-0.3, -0.25) is 4.99 Å². The Bertz CT molecular complexity index is 748. The predicted molar refractivity (Wildman–Crippen MR) is 84.2 cm³/mol. The van der Waals surface area contributed by atoms with E-state index in [4.69, 9.17) is 4.74 Å². The fraction of sp³-hybridized carbons (Fsp3) is 0.0556. The van der Waals surface area contributed by atoms with Crippen molar-refractivity contribution in [1.29, 1.82) is 0 Å². The molecule has 0 saturated carbocycles. The lowest BCUT2D eigenvalue weighted by molar-refractivity contribution is 0.415. The minimum Gasteiger partial charge on any atom is -0.497 e. The lowest BCUT2D eigenvalue weighted by atomic mass is 10.1. The van der Waals surface area contributed by atoms with E-state index in [1.807, 2.05) is 48.7 Å². The average molecular weight is 261 g/mol. The van der Waals surface area contributed by atoms with Gasteiger partial charge in [0.1, 0.15) is 5.75 Å². The molecule has 3 rings (SSSR count). The summed E-state index contributed by atoms with van der Waals surface area (Å²) in [4.78, 5) is 4.47. The first-order valence-electron chi connectivity index (χ1n) is 6.52. The number of methoxy groups -OCH3 is 1. The van der Waals surface area contributed by atoms with Gasteiger partial charge in [0.15, 0.2) is 0 Å². The molecule has 3 aromatic carbocycles. The number of fused-ring (bicyclic) bond motifs is 1. The summed E-state index contributed by atoms with van der Waals surface area (Å²) in [6, 6.07) is 22.3. The molecule has 0 radical (unpaired) electrons. The van der Waals surface area contributed by atoms with Gasteiger partial charge in [-0.15, -0.1) is 0 Å². The zero-order chi connectivity index (χ0) is 13.8. The smallest absolute Gasteiger partial charge is 0.119 e. The molecule has 2 nitrogen and oxygen atoms in total. The summed E-state index contributed by atoms with van der Waals surface area (Å²) in [7, 11) is 1.68. The van der Waals surface area contributed by atoms with Crippen LogP contribution in [0.1, 0.15) is 5.56 Å². The number of ether oxygens (including phenoxy) is 1. The van der Waals surface area contributed by atoms with Crippen molar-refractivity contribution in [2.75, 3.05) is 7.11 Å². The topological polar surface area (TPSA) is 21.6 Å². The summed E-state index contributed by atoms with van der Waals surface area (Å²) >= 11 is 0. The molecule has 2 heteroatoms. The molecular formula is C18H15NO. The van der Waals surface area contributed by atoms with Gasteiger partial charge in [-0.1, -0.05) is 36.4 Å². The Hall–Kier alpha value is -2.61. The van der Waals surface area contributed by atoms with Crippen LogP contribution in [0.3, 0.4) is 0 Å². The normalized spacial score (nSPS) is 11.1. The van der Waals surface area contributed by atoms with Crippen LogP contribution in [0.5, 0.6) is 5.75 Å². The molecule has 0 N–H and O–H groups in total. The molecule has 0 heterocycles. The van der Waals surface area contributed by atoms with Crippen molar-refractivity contribution in [2.24, 2.45) is 4.99 Å². The maximum absolute atomic E-state index is 5.23. The third kappa shape index (κ3) is 2.69. The molecule has 0 aliphatic carbocycles. The number of hydrogen-bond acceptors (Lipinski definition) is 2. The zero-order valence-electron chi connectivity index (χ0n) is 11.3. The lowest BCUT2D eigenvalue weighted by Crippen LogP contribution is -1.84. The van der Waals surface area contributed by atoms with Gasteiger partial charge >= 0.3 is 0 Å². The molecule has 20 heavy (non-hydrogen) atoms. The van der Waals surface area contributed by atoms with Gasteiger partial charge in [0, 0.05) is 6.21 Å². The van der Waals surface area contributed by atoms with Crippen LogP contribution < -0.4 is 4.74 Å². The van der Waals surface area contributed by atoms with Crippen LogP contribution in [0, 0.1) is 0 Å². The molecule has 3 aromatic rings. The number of aliphatic imine (C=N–C) groups is 1. The van der Waals surface area contributed by atoms with Crippen molar-refractivity contribution in [3.05, 3.63) is 72.3 Å². The molecule has 0 saturated heterocycles. The molecule has 0 spiro atoms. The van der Waals surface area contributed by atoms with E-state index in [0.29, 0.717) is 0 Å². The van der Waals surface area contributed by atoms with Gasteiger partial charge in [-0.05, 0) is 46.7 Å². The molecule has 0 aliphatic rings. The SMILES string of the molecule is COc1ccc2cc(C=Nc3ccccc3)ccc2c1. The third-order valence-corrected chi connectivity index (χ3v) is 3.19. The van der Waals surface area contributed by atoms with Crippen LogP contribution in [0.25, 0.3) is 10.8 Å². The first-order chi connectivity index (χ1) is 9.85. The number of para-hydroxylation sites is 1. The van der Waals surface area contributed by atoms with Crippen LogP contribution in [-0.2, 0) is 0 Å². The van der Waals surface area contributed by atoms with Crippen molar-refractivity contribution < 1.29 is 4.74 Å². The van der Waals surface area contributed by atoms with E-state index < -0.39 is 0 Å². The second kappa shape index (κ2) is 5.57. The van der Waals surface area contributed by atoms with Crippen LogP contribution in [0.4, 0.5) is 5.69 Å². The molecule has 0 aliphatic heterocycles. The standard InChI is InChI=1S/C18H15NO/c1-20-18-10-9-15-11-14(7-8-16(15)12-18)13-19-17-5-3-2-4-6-17/h2-13H,1H3. The summed E-state index contributed by atoms with van der Waals surface area (Å²) in [5.74, 6) is 0.878. The molecule has 0 fully saturated rings. The van der Waals surface area contributed by atoms with Gasteiger partial charge < -0.3 is 4.74 Å². The molecule has 0 unspecified atom stereocenters. The second-order valence-corrected chi connectivity index (χ2v) is 4.57. The lowest BCUT2D eigenvalue weighted by Gasteiger charge is -2.03. The first kappa shape index (κ1) is 12.4. The zero-order valence-corrected chi connectivity index (χ0v) is 11.3. The van der Waals surface area contributed by atoms with Crippen LogP contribution in [0.2, 0.25) is 0 Å². The van der Waals surface area contributed by atoms with E-state index in [-0.39, 0.29) is 0 Å². The number of nitrogens with zero attached hydrogens (tertiary/aromatic N) is 1. The van der Waals surface area contributed by atoms with Crippen LogP contribution in [0.15, 0.2) is 71.7 Å². The first-order valence-corrected chi connectivity index (χ1v) is 6.52. The van der Waals surface area contributed by atoms with Crippen molar-refractivity contribution >= 4 is 22.7 Å². The maximum atomic E-state index is 5.23. The highest BCUT2D eigenvalue weighted by Crippen LogP contribution is 2.21. The highest BCUT2D eigenvalue weighted by Gasteiger charge is 1.97. The second-order valence-electron chi connectivity index (χ2n) is 4.57. The highest BCUT2D eigenvalue weighted by atomic mass is 16.5. The quantitative estimate of drug-likeness (QED) is 0.631. The largest absolute Gasteiger partial charge is 0.497 e. The number of hydrogen-bond donors (Lipinski definition) is 0. The number of benzene rings is 3. The summed E-state index contributed by atoms with van der Waals surface area (Å²) < 4.78 is 5.23. The van der Waals surface area contributed by atoms with Gasteiger partial charge in [0.2, 0.25) is 0 Å². The Labute approximate surface area is 118 Å². The molecular weight excluding hydrogens is 246 g/mol. The summed E-state index contributed by atoms with van der Waals surface area (Å²) in [5.41, 5.74) is 2.05. The molecule has 0 bridgehead atoms. The molecule has 98 valence electrons. The summed E-state index contributed by atoms with van der Waals surface area (Å²) in [6.45, 7) is 0. The van der Waals surface area contributed by atoms with Gasteiger partial charge in [0.05, 0.1) is 12.8 Å². The van der Waals surface area contributed by atoms with Crippen LogP contribution in [-0.4, -0.2) is 13.3 Å². The third-order valence-electron chi connectivity index (χ3n) is 3.19. The molecule has 0 amide bonds. The molecule has 0 aromatic heterocycles. The Balaban J connectivity index is 1.91. The minimum atomic E-state index is 0.878. The van der Waals surface area contributed by atoms with Crippen molar-refractivity contribution in [3.63, 3.8) is 0 Å². The summed E-state index contributed by atoms with van der Waals surface area (Å²) in [6.07, 6.45) is 1.89. The Morgan fingerprint density at radius 2 is 1.60 bits per heavy atom. The highest BCUT2D eigenvalue weighted by molar-refractivity contribution is 5.91. The van der Waals surface area contributed by atoms with E-state index in [2.05, 4.69) is 29.3 Å². The average Bonchev–Trinajstić information content (AvgIpc) is 2.53. The fourth-order valence-electron chi connectivity index (χ4n) is 2.11. The van der Waals surface area contributed by atoms with Crippen LogP contribution >= 0.6 is 0 Å². The van der Waals surface area contributed by atoms with Crippen molar-refractivity contribution in [1.82, 2.24) is 0 Å². The van der Waals surface area contributed by atoms with E-state index >= 15 is 0 Å². The Morgan fingerprint density at radius 1 is 0.850 bits per heavy atom.